The minimum absolute atomic E-state index is 0.164. The Kier molecular flexibility index (Phi) is 1.83. The molecule has 0 bridgehead atoms. The van der Waals surface area contributed by atoms with Gasteiger partial charge in [0.1, 0.15) is 0 Å². The van der Waals surface area contributed by atoms with Crippen LogP contribution in [0.2, 0.25) is 0 Å². The predicted octanol–water partition coefficient (Wildman–Crippen LogP) is -0.499. The predicted molar refractivity (Wildman–Crippen MR) is 33.0 cm³/mol. The van der Waals surface area contributed by atoms with Crippen LogP contribution in [0.1, 0.15) is 13.3 Å². The monoisotopic (exact) mass is 115 g/mol. The summed E-state index contributed by atoms with van der Waals surface area (Å²) in [5.41, 5.74) is 8.68. The average molecular weight is 115 g/mol. The molecule has 48 valence electrons. The van der Waals surface area contributed by atoms with Crippen molar-refractivity contribution in [3.05, 3.63) is 0 Å². The molecule has 3 nitrogen and oxygen atoms in total. The second kappa shape index (κ2) is 2.44. The van der Waals surface area contributed by atoms with E-state index in [1.807, 2.05) is 0 Å². The fraction of sp³-hybridized carbons (Fsp3) is 1.00. The van der Waals surface area contributed by atoms with E-state index < -0.39 is 0 Å². The quantitative estimate of drug-likeness (QED) is 0.385. The van der Waals surface area contributed by atoms with E-state index in [1.165, 1.54) is 0 Å². The van der Waals surface area contributed by atoms with Gasteiger partial charge in [0, 0.05) is 13.1 Å². The number of hydrazine groups is 1. The van der Waals surface area contributed by atoms with Crippen molar-refractivity contribution in [1.29, 1.82) is 0 Å². The van der Waals surface area contributed by atoms with E-state index in [-0.39, 0.29) is 6.17 Å². The van der Waals surface area contributed by atoms with E-state index in [9.17, 15) is 0 Å². The number of hydrogen-bond acceptors (Lipinski definition) is 3. The molecule has 0 aromatic heterocycles. The molecule has 1 unspecified atom stereocenters. The van der Waals surface area contributed by atoms with Crippen molar-refractivity contribution in [2.75, 3.05) is 13.1 Å². The summed E-state index contributed by atoms with van der Waals surface area (Å²) in [6.07, 6.45) is 1.16. The normalized spacial score (nSPS) is 23.2. The summed E-state index contributed by atoms with van der Waals surface area (Å²) in [4.78, 5) is 0. The summed E-state index contributed by atoms with van der Waals surface area (Å²) >= 11 is 0. The molecule has 1 saturated heterocycles. The highest BCUT2D eigenvalue weighted by Crippen LogP contribution is 1.97. The minimum Gasteiger partial charge on any atom is -0.315 e. The Labute approximate surface area is 49.8 Å². The van der Waals surface area contributed by atoms with Crippen molar-refractivity contribution in [2.24, 2.45) is 5.73 Å². The summed E-state index contributed by atoms with van der Waals surface area (Å²) in [6, 6.07) is 0. The number of nitrogens with two attached hydrogens (primary N) is 1. The Balaban J connectivity index is 1.98. The van der Waals surface area contributed by atoms with Gasteiger partial charge in [-0.05, 0) is 6.42 Å². The van der Waals surface area contributed by atoms with Crippen LogP contribution in [0, 0.1) is 0 Å². The lowest BCUT2D eigenvalue weighted by Gasteiger charge is -2.09. The van der Waals surface area contributed by atoms with E-state index >= 15 is 0 Å². The molecule has 3 heteroatoms. The molecule has 0 radical (unpaired) electrons. The van der Waals surface area contributed by atoms with Gasteiger partial charge in [0.05, 0.1) is 6.17 Å². The van der Waals surface area contributed by atoms with Gasteiger partial charge in [0.25, 0.3) is 0 Å². The van der Waals surface area contributed by atoms with Gasteiger partial charge in [-0.3, -0.25) is 0 Å². The topological polar surface area (TPSA) is 41.1 Å². The number of nitrogens with one attached hydrogen (secondary N) is 1. The molecular formula is C5H13N3. The first-order valence-corrected chi connectivity index (χ1v) is 3.09. The van der Waals surface area contributed by atoms with Crippen LogP contribution in [0.15, 0.2) is 0 Å². The molecule has 8 heavy (non-hydrogen) atoms. The maximum atomic E-state index is 5.56. The van der Waals surface area contributed by atoms with Crippen LogP contribution >= 0.6 is 0 Å². The zero-order valence-electron chi connectivity index (χ0n) is 5.22. The number of hydrogen-bond donors (Lipinski definition) is 2. The SMILES string of the molecule is CCC(N)NN1CC1. The highest BCUT2D eigenvalue weighted by molar-refractivity contribution is 4.68. The second-order valence-electron chi connectivity index (χ2n) is 2.13. The van der Waals surface area contributed by atoms with Gasteiger partial charge in [-0.25, -0.2) is 10.4 Å². The van der Waals surface area contributed by atoms with E-state index in [0.717, 1.165) is 19.5 Å². The highest BCUT2D eigenvalue weighted by atomic mass is 15.6. The first-order valence-electron chi connectivity index (χ1n) is 3.09. The molecule has 0 spiro atoms. The second-order valence-corrected chi connectivity index (χ2v) is 2.13. The summed E-state index contributed by atoms with van der Waals surface area (Å²) in [6.45, 7) is 4.39. The van der Waals surface area contributed by atoms with Gasteiger partial charge in [-0.15, -0.1) is 0 Å². The van der Waals surface area contributed by atoms with Gasteiger partial charge >= 0.3 is 0 Å². The molecule has 1 aliphatic rings. The van der Waals surface area contributed by atoms with Crippen molar-refractivity contribution in [3.8, 4) is 0 Å². The smallest absolute Gasteiger partial charge is 0.0678 e. The summed E-state index contributed by atoms with van der Waals surface area (Å²) < 4.78 is 0. The van der Waals surface area contributed by atoms with Crippen molar-refractivity contribution >= 4 is 0 Å². The Hall–Kier alpha value is -0.120. The van der Waals surface area contributed by atoms with E-state index in [1.54, 1.807) is 0 Å². The number of rotatable bonds is 3. The van der Waals surface area contributed by atoms with Crippen LogP contribution in [0.25, 0.3) is 0 Å². The van der Waals surface area contributed by atoms with Crippen LogP contribution in [0.4, 0.5) is 0 Å². The molecule has 1 rings (SSSR count). The van der Waals surface area contributed by atoms with E-state index in [4.69, 9.17) is 5.73 Å². The van der Waals surface area contributed by atoms with Gasteiger partial charge < -0.3 is 5.73 Å². The largest absolute Gasteiger partial charge is 0.315 e. The maximum absolute atomic E-state index is 5.56. The van der Waals surface area contributed by atoms with E-state index in [2.05, 4.69) is 17.4 Å². The van der Waals surface area contributed by atoms with Crippen LogP contribution in [-0.2, 0) is 0 Å². The molecule has 1 aliphatic heterocycles. The Morgan fingerprint density at radius 1 is 1.75 bits per heavy atom. The summed E-state index contributed by atoms with van der Waals surface area (Å²) in [7, 11) is 0. The van der Waals surface area contributed by atoms with Crippen molar-refractivity contribution < 1.29 is 0 Å². The van der Waals surface area contributed by atoms with Crippen molar-refractivity contribution in [3.63, 3.8) is 0 Å². The third-order valence-corrected chi connectivity index (χ3v) is 1.24. The van der Waals surface area contributed by atoms with E-state index in [0.29, 0.717) is 0 Å². The lowest BCUT2D eigenvalue weighted by Crippen LogP contribution is -2.40. The van der Waals surface area contributed by atoms with Crippen LogP contribution in [0.3, 0.4) is 0 Å². The highest BCUT2D eigenvalue weighted by Gasteiger charge is 2.17. The van der Waals surface area contributed by atoms with Crippen LogP contribution in [0.5, 0.6) is 0 Å². The van der Waals surface area contributed by atoms with Gasteiger partial charge in [-0.2, -0.15) is 0 Å². The molecule has 1 heterocycles. The summed E-state index contributed by atoms with van der Waals surface area (Å²) in [5, 5.41) is 2.11. The fourth-order valence-corrected chi connectivity index (χ4v) is 0.505. The summed E-state index contributed by atoms with van der Waals surface area (Å²) in [5.74, 6) is 0. The first kappa shape index (κ1) is 6.01. The van der Waals surface area contributed by atoms with Crippen molar-refractivity contribution in [1.82, 2.24) is 10.4 Å². The average Bonchev–Trinajstić information content (AvgIpc) is 2.50. The lowest BCUT2D eigenvalue weighted by atomic mass is 10.4. The molecule has 1 atom stereocenters. The third kappa shape index (κ3) is 1.78. The molecule has 0 amide bonds. The van der Waals surface area contributed by atoms with Crippen LogP contribution in [-0.4, -0.2) is 24.3 Å². The molecule has 0 aliphatic carbocycles. The zero-order valence-corrected chi connectivity index (χ0v) is 5.22. The minimum atomic E-state index is 0.164. The fourth-order valence-electron chi connectivity index (χ4n) is 0.505. The Bertz CT molecular complexity index is 70.1. The standard InChI is InChI=1S/C5H13N3/c1-2-5(6)7-8-3-4-8/h5,7H,2-4,6H2,1H3. The molecule has 3 N–H and O–H groups in total. The van der Waals surface area contributed by atoms with Gasteiger partial charge in [-0.1, -0.05) is 6.92 Å². The van der Waals surface area contributed by atoms with Gasteiger partial charge in [0.15, 0.2) is 0 Å². The third-order valence-electron chi connectivity index (χ3n) is 1.24. The van der Waals surface area contributed by atoms with Gasteiger partial charge in [0.2, 0.25) is 0 Å². The lowest BCUT2D eigenvalue weighted by molar-refractivity contribution is 0.329. The first-order chi connectivity index (χ1) is 3.83. The molecule has 1 fully saturated rings. The Morgan fingerprint density at radius 3 is 2.75 bits per heavy atom. The number of nitrogens with zero attached hydrogens (tertiary/aromatic N) is 1. The maximum Gasteiger partial charge on any atom is 0.0678 e. The molecule has 0 aromatic rings. The van der Waals surface area contributed by atoms with Crippen molar-refractivity contribution in [2.45, 2.75) is 19.5 Å². The molecular weight excluding hydrogens is 102 g/mol. The Morgan fingerprint density at radius 2 is 2.38 bits per heavy atom. The van der Waals surface area contributed by atoms with Crippen LogP contribution < -0.4 is 11.2 Å². The molecule has 0 saturated carbocycles. The zero-order chi connectivity index (χ0) is 5.98. The molecule has 0 aromatic carbocycles.